The molecule has 3 unspecified atom stereocenters. The molecule has 1 fully saturated rings. The van der Waals surface area contributed by atoms with Crippen molar-refractivity contribution in [2.24, 2.45) is 5.92 Å². The maximum Gasteiger partial charge on any atom is 0.123 e. The monoisotopic (exact) mass is 293 g/mol. The molecule has 1 N–H and O–H groups in total. The van der Waals surface area contributed by atoms with Gasteiger partial charge in [-0.3, -0.25) is 0 Å². The molecule has 0 spiro atoms. The number of halogens is 1. The summed E-state index contributed by atoms with van der Waals surface area (Å²) in [7, 11) is 1.99. The Hall–Kier alpha value is -0.930. The van der Waals surface area contributed by atoms with Crippen molar-refractivity contribution in [1.82, 2.24) is 5.32 Å². The lowest BCUT2D eigenvalue weighted by atomic mass is 9.73. The van der Waals surface area contributed by atoms with Gasteiger partial charge in [0.1, 0.15) is 5.82 Å². The third-order valence-corrected chi connectivity index (χ3v) is 4.74. The fourth-order valence-electron chi connectivity index (χ4n) is 3.83. The van der Waals surface area contributed by atoms with Crippen LogP contribution in [0, 0.1) is 11.7 Å². The summed E-state index contributed by atoms with van der Waals surface area (Å²) >= 11 is 0. The van der Waals surface area contributed by atoms with Crippen LogP contribution >= 0.6 is 0 Å². The molecular formula is C18H28FNO. The van der Waals surface area contributed by atoms with Crippen LogP contribution in [0.25, 0.3) is 0 Å². The lowest BCUT2D eigenvalue weighted by molar-refractivity contribution is -0.0988. The van der Waals surface area contributed by atoms with Crippen LogP contribution in [-0.2, 0) is 11.2 Å². The topological polar surface area (TPSA) is 21.3 Å². The van der Waals surface area contributed by atoms with Gasteiger partial charge in [-0.05, 0) is 56.8 Å². The highest BCUT2D eigenvalue weighted by Crippen LogP contribution is 2.38. The van der Waals surface area contributed by atoms with E-state index in [1.54, 1.807) is 12.1 Å². The fraction of sp³-hybridized carbons (Fsp3) is 0.667. The second kappa shape index (κ2) is 7.37. The maximum absolute atomic E-state index is 13.4. The molecule has 0 heterocycles. The summed E-state index contributed by atoms with van der Waals surface area (Å²) in [6, 6.07) is 7.14. The van der Waals surface area contributed by atoms with Crippen molar-refractivity contribution < 1.29 is 9.13 Å². The molecule has 1 aromatic rings. The molecule has 0 radical (unpaired) electrons. The van der Waals surface area contributed by atoms with Gasteiger partial charge in [0.25, 0.3) is 0 Å². The van der Waals surface area contributed by atoms with Crippen LogP contribution in [0.2, 0.25) is 0 Å². The normalized spacial score (nSPS) is 27.5. The SMILES string of the molecule is CCOC1(C(Cc2cccc(F)c2)NC)CCCC(C)C1. The minimum absolute atomic E-state index is 0.118. The minimum Gasteiger partial charge on any atom is -0.374 e. The Morgan fingerprint density at radius 2 is 2.29 bits per heavy atom. The molecule has 1 saturated carbocycles. The van der Waals surface area contributed by atoms with E-state index in [0.29, 0.717) is 5.92 Å². The number of nitrogens with one attached hydrogen (secondary N) is 1. The van der Waals surface area contributed by atoms with E-state index in [0.717, 1.165) is 31.4 Å². The van der Waals surface area contributed by atoms with Crippen LogP contribution in [0.15, 0.2) is 24.3 Å². The lowest BCUT2D eigenvalue weighted by Crippen LogP contribution is -2.55. The zero-order chi connectivity index (χ0) is 15.3. The first-order valence-electron chi connectivity index (χ1n) is 8.15. The van der Waals surface area contributed by atoms with E-state index in [-0.39, 0.29) is 17.5 Å². The van der Waals surface area contributed by atoms with Crippen LogP contribution < -0.4 is 5.32 Å². The van der Waals surface area contributed by atoms with Crippen LogP contribution in [0.3, 0.4) is 0 Å². The van der Waals surface area contributed by atoms with Crippen molar-refractivity contribution in [3.8, 4) is 0 Å². The predicted octanol–water partition coefficient (Wildman–Crippen LogP) is 3.94. The third kappa shape index (κ3) is 4.04. The Kier molecular flexibility index (Phi) is 5.77. The number of ether oxygens (including phenoxy) is 1. The molecule has 3 atom stereocenters. The number of benzene rings is 1. The zero-order valence-corrected chi connectivity index (χ0v) is 13.5. The van der Waals surface area contributed by atoms with E-state index in [4.69, 9.17) is 4.74 Å². The van der Waals surface area contributed by atoms with Crippen molar-refractivity contribution in [2.75, 3.05) is 13.7 Å². The second-order valence-corrected chi connectivity index (χ2v) is 6.37. The van der Waals surface area contributed by atoms with Gasteiger partial charge in [0.05, 0.1) is 5.60 Å². The summed E-state index contributed by atoms with van der Waals surface area (Å²) in [5.41, 5.74) is 0.916. The Balaban J connectivity index is 2.19. The minimum atomic E-state index is -0.162. The van der Waals surface area contributed by atoms with E-state index >= 15 is 0 Å². The van der Waals surface area contributed by atoms with E-state index in [9.17, 15) is 4.39 Å². The zero-order valence-electron chi connectivity index (χ0n) is 13.5. The molecule has 0 saturated heterocycles. The quantitative estimate of drug-likeness (QED) is 0.857. The lowest BCUT2D eigenvalue weighted by Gasteiger charge is -2.45. The van der Waals surface area contributed by atoms with Crippen molar-refractivity contribution in [3.05, 3.63) is 35.6 Å². The first kappa shape index (κ1) is 16.4. The fourth-order valence-corrected chi connectivity index (χ4v) is 3.83. The van der Waals surface area contributed by atoms with Gasteiger partial charge in [-0.15, -0.1) is 0 Å². The van der Waals surface area contributed by atoms with Gasteiger partial charge in [0.15, 0.2) is 0 Å². The highest BCUT2D eigenvalue weighted by molar-refractivity contribution is 5.19. The van der Waals surface area contributed by atoms with Gasteiger partial charge in [0, 0.05) is 12.6 Å². The van der Waals surface area contributed by atoms with Gasteiger partial charge < -0.3 is 10.1 Å². The van der Waals surface area contributed by atoms with Crippen molar-refractivity contribution in [1.29, 1.82) is 0 Å². The highest BCUT2D eigenvalue weighted by Gasteiger charge is 2.41. The first-order valence-corrected chi connectivity index (χ1v) is 8.15. The molecular weight excluding hydrogens is 265 g/mol. The van der Waals surface area contributed by atoms with Crippen LogP contribution in [0.5, 0.6) is 0 Å². The van der Waals surface area contributed by atoms with Gasteiger partial charge in [-0.1, -0.05) is 31.9 Å². The van der Waals surface area contributed by atoms with Crippen molar-refractivity contribution in [2.45, 2.75) is 57.6 Å². The van der Waals surface area contributed by atoms with Crippen molar-refractivity contribution in [3.63, 3.8) is 0 Å². The number of rotatable bonds is 6. The first-order chi connectivity index (χ1) is 10.1. The van der Waals surface area contributed by atoms with Gasteiger partial charge in [0.2, 0.25) is 0 Å². The molecule has 0 amide bonds. The Labute approximate surface area is 128 Å². The summed E-state index contributed by atoms with van der Waals surface area (Å²) in [6.07, 6.45) is 5.47. The van der Waals surface area contributed by atoms with Crippen LogP contribution in [0.4, 0.5) is 4.39 Å². The number of hydrogen-bond acceptors (Lipinski definition) is 2. The number of likely N-dealkylation sites (N-methyl/N-ethyl adjacent to an activating group) is 1. The molecule has 0 aliphatic heterocycles. The van der Waals surface area contributed by atoms with Crippen LogP contribution in [0.1, 0.15) is 45.1 Å². The largest absolute Gasteiger partial charge is 0.374 e. The van der Waals surface area contributed by atoms with Crippen molar-refractivity contribution >= 4 is 0 Å². The summed E-state index contributed by atoms with van der Waals surface area (Å²) in [4.78, 5) is 0. The second-order valence-electron chi connectivity index (χ2n) is 6.37. The maximum atomic E-state index is 13.4. The van der Waals surface area contributed by atoms with E-state index < -0.39 is 0 Å². The van der Waals surface area contributed by atoms with Gasteiger partial charge >= 0.3 is 0 Å². The average Bonchev–Trinajstić information content (AvgIpc) is 2.45. The Bertz CT molecular complexity index is 447. The Morgan fingerprint density at radius 1 is 1.48 bits per heavy atom. The summed E-state index contributed by atoms with van der Waals surface area (Å²) in [5.74, 6) is 0.526. The molecule has 21 heavy (non-hydrogen) atoms. The molecule has 118 valence electrons. The summed E-state index contributed by atoms with van der Waals surface area (Å²) < 4.78 is 19.7. The average molecular weight is 293 g/mol. The van der Waals surface area contributed by atoms with Gasteiger partial charge in [-0.2, -0.15) is 0 Å². The highest BCUT2D eigenvalue weighted by atomic mass is 19.1. The Morgan fingerprint density at radius 3 is 2.90 bits per heavy atom. The van der Waals surface area contributed by atoms with Crippen LogP contribution in [-0.4, -0.2) is 25.3 Å². The number of hydrogen-bond donors (Lipinski definition) is 1. The standard InChI is InChI=1S/C18H28FNO/c1-4-21-18(10-6-7-14(2)13-18)17(20-3)12-15-8-5-9-16(19)11-15/h5,8-9,11,14,17,20H,4,6-7,10,12-13H2,1-3H3. The molecule has 0 bridgehead atoms. The smallest absolute Gasteiger partial charge is 0.123 e. The molecule has 2 nitrogen and oxygen atoms in total. The van der Waals surface area contributed by atoms with E-state index in [1.807, 2.05) is 13.1 Å². The van der Waals surface area contributed by atoms with E-state index in [1.165, 1.54) is 18.9 Å². The third-order valence-electron chi connectivity index (χ3n) is 4.74. The molecule has 0 aromatic heterocycles. The van der Waals surface area contributed by atoms with E-state index in [2.05, 4.69) is 19.2 Å². The summed E-state index contributed by atoms with van der Waals surface area (Å²) in [6.45, 7) is 5.10. The molecule has 1 aliphatic carbocycles. The molecule has 2 rings (SSSR count). The molecule has 3 heteroatoms. The van der Waals surface area contributed by atoms with Gasteiger partial charge in [-0.25, -0.2) is 4.39 Å². The molecule has 1 aliphatic rings. The molecule has 1 aromatic carbocycles. The predicted molar refractivity (Wildman–Crippen MR) is 84.9 cm³/mol. The summed E-state index contributed by atoms with van der Waals surface area (Å²) in [5, 5.41) is 3.44.